The number of nitrogens with one attached hydrogen (secondary N) is 1. The summed E-state index contributed by atoms with van der Waals surface area (Å²) in [6.45, 7) is 3.75. The first-order valence-corrected chi connectivity index (χ1v) is 9.32. The molecule has 132 valence electrons. The predicted octanol–water partition coefficient (Wildman–Crippen LogP) is 3.42. The van der Waals surface area contributed by atoms with Crippen molar-refractivity contribution in [1.29, 1.82) is 0 Å². The van der Waals surface area contributed by atoms with Crippen molar-refractivity contribution in [3.8, 4) is 5.75 Å². The smallest absolute Gasteiger partial charge is 0.142 e. The van der Waals surface area contributed by atoms with Gasteiger partial charge in [-0.05, 0) is 57.2 Å². The average Bonchev–Trinajstić information content (AvgIpc) is 3.25. The van der Waals surface area contributed by atoms with Crippen molar-refractivity contribution in [2.45, 2.75) is 56.7 Å². The van der Waals surface area contributed by atoms with Gasteiger partial charge in [-0.2, -0.15) is 0 Å². The SMILES string of the molecule is Fc1ccc(OC[C@@H]2CCCO2)c(N[C@@H]2CCN3CCC[C@@H]3C2)c1. The van der Waals surface area contributed by atoms with Crippen LogP contribution in [-0.4, -0.2) is 49.4 Å². The molecule has 3 heterocycles. The van der Waals surface area contributed by atoms with Crippen LogP contribution in [0.3, 0.4) is 0 Å². The van der Waals surface area contributed by atoms with Crippen molar-refractivity contribution in [3.05, 3.63) is 24.0 Å². The second-order valence-electron chi connectivity index (χ2n) is 7.28. The van der Waals surface area contributed by atoms with Crippen molar-refractivity contribution in [1.82, 2.24) is 4.90 Å². The second kappa shape index (κ2) is 7.28. The first kappa shape index (κ1) is 16.2. The van der Waals surface area contributed by atoms with Crippen molar-refractivity contribution in [2.75, 3.05) is 31.6 Å². The fourth-order valence-corrected chi connectivity index (χ4v) is 4.27. The number of ether oxygens (including phenoxy) is 2. The van der Waals surface area contributed by atoms with Gasteiger partial charge in [-0.15, -0.1) is 0 Å². The summed E-state index contributed by atoms with van der Waals surface area (Å²) >= 11 is 0. The van der Waals surface area contributed by atoms with Gasteiger partial charge in [-0.1, -0.05) is 0 Å². The number of rotatable bonds is 5. The number of hydrogen-bond acceptors (Lipinski definition) is 4. The van der Waals surface area contributed by atoms with Crippen LogP contribution < -0.4 is 10.1 Å². The maximum Gasteiger partial charge on any atom is 0.142 e. The summed E-state index contributed by atoms with van der Waals surface area (Å²) < 4.78 is 25.3. The molecule has 3 aliphatic rings. The average molecular weight is 334 g/mol. The first-order valence-electron chi connectivity index (χ1n) is 9.32. The largest absolute Gasteiger partial charge is 0.489 e. The van der Waals surface area contributed by atoms with Gasteiger partial charge in [0.1, 0.15) is 18.2 Å². The van der Waals surface area contributed by atoms with E-state index in [1.54, 1.807) is 12.1 Å². The molecule has 3 saturated heterocycles. The number of anilines is 1. The molecule has 0 unspecified atom stereocenters. The third-order valence-electron chi connectivity index (χ3n) is 5.57. The van der Waals surface area contributed by atoms with Gasteiger partial charge >= 0.3 is 0 Å². The Kier molecular flexibility index (Phi) is 4.90. The Balaban J connectivity index is 1.40. The van der Waals surface area contributed by atoms with Crippen LogP contribution in [0.25, 0.3) is 0 Å². The predicted molar refractivity (Wildman–Crippen MR) is 92.1 cm³/mol. The second-order valence-corrected chi connectivity index (χ2v) is 7.28. The van der Waals surface area contributed by atoms with Crippen LogP contribution in [0.15, 0.2) is 18.2 Å². The van der Waals surface area contributed by atoms with E-state index in [-0.39, 0.29) is 11.9 Å². The highest BCUT2D eigenvalue weighted by molar-refractivity contribution is 5.57. The fraction of sp³-hybridized carbons (Fsp3) is 0.684. The Labute approximate surface area is 143 Å². The normalized spacial score (nSPS) is 30.3. The topological polar surface area (TPSA) is 33.7 Å². The van der Waals surface area contributed by atoms with Gasteiger partial charge in [0.2, 0.25) is 0 Å². The number of hydrogen-bond donors (Lipinski definition) is 1. The third-order valence-corrected chi connectivity index (χ3v) is 5.57. The quantitative estimate of drug-likeness (QED) is 0.895. The lowest BCUT2D eigenvalue weighted by Gasteiger charge is -2.35. The van der Waals surface area contributed by atoms with Crippen LogP contribution in [0, 0.1) is 5.82 Å². The third kappa shape index (κ3) is 3.67. The van der Waals surface area contributed by atoms with Gasteiger partial charge in [-0.25, -0.2) is 4.39 Å². The first-order chi connectivity index (χ1) is 11.8. The van der Waals surface area contributed by atoms with E-state index < -0.39 is 0 Å². The molecule has 0 aliphatic carbocycles. The number of benzene rings is 1. The molecule has 1 N–H and O–H groups in total. The highest BCUT2D eigenvalue weighted by Crippen LogP contribution is 2.32. The lowest BCUT2D eigenvalue weighted by molar-refractivity contribution is 0.0681. The summed E-state index contributed by atoms with van der Waals surface area (Å²) in [6, 6.07) is 5.86. The summed E-state index contributed by atoms with van der Waals surface area (Å²) in [4.78, 5) is 2.60. The molecule has 5 heteroatoms. The fourth-order valence-electron chi connectivity index (χ4n) is 4.27. The molecule has 3 aliphatic heterocycles. The number of fused-ring (bicyclic) bond motifs is 1. The van der Waals surface area contributed by atoms with E-state index in [4.69, 9.17) is 9.47 Å². The lowest BCUT2D eigenvalue weighted by atomic mass is 9.97. The Morgan fingerprint density at radius 1 is 1.21 bits per heavy atom. The van der Waals surface area contributed by atoms with Crippen LogP contribution >= 0.6 is 0 Å². The number of nitrogens with zero attached hydrogens (tertiary/aromatic N) is 1. The molecule has 24 heavy (non-hydrogen) atoms. The van der Waals surface area contributed by atoms with Crippen LogP contribution in [0.5, 0.6) is 5.75 Å². The molecule has 0 spiro atoms. The summed E-state index contributed by atoms with van der Waals surface area (Å²) in [5.74, 6) is 0.515. The van der Waals surface area contributed by atoms with Crippen LogP contribution in [-0.2, 0) is 4.74 Å². The molecule has 1 aromatic rings. The van der Waals surface area contributed by atoms with Crippen molar-refractivity contribution in [3.63, 3.8) is 0 Å². The zero-order chi connectivity index (χ0) is 16.4. The number of halogens is 1. The molecule has 3 fully saturated rings. The van der Waals surface area contributed by atoms with Crippen molar-refractivity contribution < 1.29 is 13.9 Å². The maximum atomic E-state index is 13.7. The highest BCUT2D eigenvalue weighted by Gasteiger charge is 2.32. The lowest BCUT2D eigenvalue weighted by Crippen LogP contribution is -2.42. The van der Waals surface area contributed by atoms with Gasteiger partial charge in [0.05, 0.1) is 11.8 Å². The molecule has 0 aromatic heterocycles. The van der Waals surface area contributed by atoms with Crippen LogP contribution in [0.2, 0.25) is 0 Å². The Hall–Kier alpha value is -1.33. The molecule has 0 radical (unpaired) electrons. The minimum absolute atomic E-state index is 0.171. The standard InChI is InChI=1S/C19H27FN2O2/c20-14-5-6-19(24-13-17-4-2-10-23-17)18(11-14)21-15-7-9-22-8-1-3-16(22)12-15/h5-6,11,15-17,21H,1-4,7-10,12-13H2/t15-,16-,17+/m1/s1. The summed E-state index contributed by atoms with van der Waals surface area (Å²) in [7, 11) is 0. The number of piperidine rings is 1. The maximum absolute atomic E-state index is 13.7. The summed E-state index contributed by atoms with van der Waals surface area (Å²) in [5.41, 5.74) is 0.782. The molecule has 0 bridgehead atoms. The minimum atomic E-state index is -0.222. The van der Waals surface area contributed by atoms with Gasteiger partial charge in [0.25, 0.3) is 0 Å². The Bertz CT molecular complexity index is 562. The molecule has 0 saturated carbocycles. The molecule has 0 amide bonds. The van der Waals surface area contributed by atoms with E-state index in [1.165, 1.54) is 25.5 Å². The zero-order valence-corrected chi connectivity index (χ0v) is 14.2. The molecule has 3 atom stereocenters. The van der Waals surface area contributed by atoms with Gasteiger partial charge in [0.15, 0.2) is 0 Å². The Morgan fingerprint density at radius 2 is 2.17 bits per heavy atom. The zero-order valence-electron chi connectivity index (χ0n) is 14.2. The highest BCUT2D eigenvalue weighted by atomic mass is 19.1. The van der Waals surface area contributed by atoms with Gasteiger partial charge in [0, 0.05) is 31.3 Å². The molecular weight excluding hydrogens is 307 g/mol. The molecule has 4 nitrogen and oxygen atoms in total. The van der Waals surface area contributed by atoms with E-state index in [9.17, 15) is 4.39 Å². The Morgan fingerprint density at radius 3 is 3.04 bits per heavy atom. The van der Waals surface area contributed by atoms with Crippen molar-refractivity contribution >= 4 is 5.69 Å². The minimum Gasteiger partial charge on any atom is -0.489 e. The van der Waals surface area contributed by atoms with Crippen molar-refractivity contribution in [2.24, 2.45) is 0 Å². The molecule has 4 rings (SSSR count). The monoisotopic (exact) mass is 334 g/mol. The van der Waals surface area contributed by atoms with E-state index in [0.717, 1.165) is 50.3 Å². The van der Waals surface area contributed by atoms with E-state index in [1.807, 2.05) is 0 Å². The van der Waals surface area contributed by atoms with Gasteiger partial charge in [-0.3, -0.25) is 0 Å². The van der Waals surface area contributed by atoms with Gasteiger partial charge < -0.3 is 19.7 Å². The van der Waals surface area contributed by atoms with E-state index in [2.05, 4.69) is 10.2 Å². The summed E-state index contributed by atoms with van der Waals surface area (Å²) in [6.07, 6.45) is 7.17. The van der Waals surface area contributed by atoms with E-state index >= 15 is 0 Å². The van der Waals surface area contributed by atoms with Crippen LogP contribution in [0.1, 0.15) is 38.5 Å². The van der Waals surface area contributed by atoms with E-state index in [0.29, 0.717) is 18.7 Å². The summed E-state index contributed by atoms with van der Waals surface area (Å²) in [5, 5.41) is 3.55. The molecule has 1 aromatic carbocycles. The molecular formula is C19H27FN2O2. The van der Waals surface area contributed by atoms with Crippen LogP contribution in [0.4, 0.5) is 10.1 Å².